The number of carbonyl (C=O) groups is 1. The number of aliphatic carboxylic acids is 1. The molecule has 1 N–H and O–H groups in total. The first-order valence-electron chi connectivity index (χ1n) is 10.3. The van der Waals surface area contributed by atoms with Crippen LogP contribution in [0.25, 0.3) is 11.1 Å². The fourth-order valence-electron chi connectivity index (χ4n) is 3.24. The second-order valence-electron chi connectivity index (χ2n) is 7.36. The number of oxazole rings is 1. The molecule has 0 saturated heterocycles. The number of nitrogens with zero attached hydrogens (tertiary/aromatic N) is 1. The van der Waals surface area contributed by atoms with Crippen LogP contribution in [0.1, 0.15) is 16.8 Å². The quantitative estimate of drug-likeness (QED) is 0.291. The van der Waals surface area contributed by atoms with Crippen molar-refractivity contribution in [2.75, 3.05) is 6.61 Å². The van der Waals surface area contributed by atoms with Gasteiger partial charge in [-0.15, -0.1) is 11.8 Å². The van der Waals surface area contributed by atoms with Crippen molar-refractivity contribution in [2.45, 2.75) is 24.2 Å². The van der Waals surface area contributed by atoms with Gasteiger partial charge in [0.25, 0.3) is 0 Å². The van der Waals surface area contributed by atoms with Crippen LogP contribution < -0.4 is 9.47 Å². The van der Waals surface area contributed by atoms with E-state index in [9.17, 15) is 4.79 Å². The largest absolute Gasteiger partial charge is 0.489 e. The summed E-state index contributed by atoms with van der Waals surface area (Å²) in [4.78, 5) is 16.1. The van der Waals surface area contributed by atoms with Crippen molar-refractivity contribution in [3.8, 4) is 22.6 Å². The van der Waals surface area contributed by atoms with Gasteiger partial charge in [0, 0.05) is 10.6 Å². The first kappa shape index (κ1) is 22.5. The van der Waals surface area contributed by atoms with Gasteiger partial charge in [0.1, 0.15) is 24.4 Å². The van der Waals surface area contributed by atoms with Gasteiger partial charge in [0.15, 0.2) is 13.0 Å². The van der Waals surface area contributed by atoms with Crippen molar-refractivity contribution in [2.24, 2.45) is 0 Å². The van der Waals surface area contributed by atoms with E-state index in [1.54, 1.807) is 18.0 Å². The Bertz CT molecular complexity index is 1190. The summed E-state index contributed by atoms with van der Waals surface area (Å²) in [7, 11) is 0. The van der Waals surface area contributed by atoms with Gasteiger partial charge in [-0.05, 0) is 53.4 Å². The second-order valence-corrected chi connectivity index (χ2v) is 8.38. The number of hydrogen-bond donors (Lipinski definition) is 1. The maximum absolute atomic E-state index is 11.0. The van der Waals surface area contributed by atoms with Crippen LogP contribution in [0.5, 0.6) is 11.5 Å². The number of aryl methyl sites for hydroxylation is 1. The van der Waals surface area contributed by atoms with Crippen LogP contribution in [-0.4, -0.2) is 22.7 Å². The number of benzene rings is 3. The van der Waals surface area contributed by atoms with E-state index >= 15 is 0 Å². The van der Waals surface area contributed by atoms with Crippen LogP contribution in [0.3, 0.4) is 0 Å². The molecule has 0 aliphatic rings. The molecule has 0 aliphatic carbocycles. The molecule has 0 fully saturated rings. The van der Waals surface area contributed by atoms with Gasteiger partial charge in [-0.25, -0.2) is 9.78 Å². The van der Waals surface area contributed by atoms with Crippen molar-refractivity contribution in [1.29, 1.82) is 0 Å². The molecular weight excluding hydrogens is 438 g/mol. The highest BCUT2D eigenvalue weighted by Crippen LogP contribution is 2.38. The summed E-state index contributed by atoms with van der Waals surface area (Å²) in [6.45, 7) is 2.03. The summed E-state index contributed by atoms with van der Waals surface area (Å²) in [5, 5.41) is 8.98. The van der Waals surface area contributed by atoms with E-state index in [2.05, 4.69) is 4.98 Å². The van der Waals surface area contributed by atoms with E-state index in [4.69, 9.17) is 19.0 Å². The maximum Gasteiger partial charge on any atom is 0.341 e. The third-order valence-corrected chi connectivity index (χ3v) is 5.99. The predicted octanol–water partition coefficient (Wildman–Crippen LogP) is 5.98. The SMILES string of the molecule is Cc1cc(-c2ccc(OCc3ccccc3)cc2)c(SCc2cocn2)cc1OCC(=O)O. The summed E-state index contributed by atoms with van der Waals surface area (Å²) < 4.78 is 16.5. The molecule has 1 heterocycles. The molecule has 0 unspecified atom stereocenters. The fourth-order valence-corrected chi connectivity index (χ4v) is 4.21. The zero-order valence-corrected chi connectivity index (χ0v) is 18.9. The lowest BCUT2D eigenvalue weighted by atomic mass is 10.0. The zero-order valence-electron chi connectivity index (χ0n) is 18.1. The van der Waals surface area contributed by atoms with Crippen LogP contribution in [0, 0.1) is 6.92 Å². The molecule has 0 spiro atoms. The lowest BCUT2D eigenvalue weighted by Crippen LogP contribution is -2.10. The topological polar surface area (TPSA) is 81.8 Å². The van der Waals surface area contributed by atoms with Crippen molar-refractivity contribution in [1.82, 2.24) is 4.98 Å². The van der Waals surface area contributed by atoms with Crippen LogP contribution in [0.2, 0.25) is 0 Å². The smallest absolute Gasteiger partial charge is 0.341 e. The molecule has 0 saturated carbocycles. The Hall–Kier alpha value is -3.71. The molecule has 1 aromatic heterocycles. The standard InChI is InChI=1S/C26H23NO5S/c1-18-11-23(20-7-9-22(10-8-20)31-13-19-5-3-2-4-6-19)25(12-24(18)32-15-26(28)29)33-16-21-14-30-17-27-21/h2-12,14,17H,13,15-16H2,1H3,(H,28,29). The Labute approximate surface area is 196 Å². The average Bonchev–Trinajstić information content (AvgIpc) is 3.36. The highest BCUT2D eigenvalue weighted by atomic mass is 32.2. The number of ether oxygens (including phenoxy) is 2. The van der Waals surface area contributed by atoms with Gasteiger partial charge in [-0.2, -0.15) is 0 Å². The third kappa shape index (κ3) is 6.17. The second kappa shape index (κ2) is 10.7. The molecule has 0 atom stereocenters. The molecule has 4 rings (SSSR count). The van der Waals surface area contributed by atoms with Gasteiger partial charge in [-0.3, -0.25) is 0 Å². The summed E-state index contributed by atoms with van der Waals surface area (Å²) in [6.07, 6.45) is 3.02. The minimum absolute atomic E-state index is 0.388. The normalized spacial score (nSPS) is 10.7. The van der Waals surface area contributed by atoms with Gasteiger partial charge in [-0.1, -0.05) is 42.5 Å². The molecule has 168 valence electrons. The molecule has 0 bridgehead atoms. The van der Waals surface area contributed by atoms with E-state index in [0.717, 1.165) is 38.6 Å². The summed E-state index contributed by atoms with van der Waals surface area (Å²) in [6, 6.07) is 21.9. The minimum atomic E-state index is -1.01. The molecule has 3 aromatic carbocycles. The summed E-state index contributed by atoms with van der Waals surface area (Å²) in [5.41, 5.74) is 4.85. The van der Waals surface area contributed by atoms with E-state index in [1.807, 2.05) is 73.7 Å². The lowest BCUT2D eigenvalue weighted by molar-refractivity contribution is -0.139. The molecule has 33 heavy (non-hydrogen) atoms. The average molecular weight is 462 g/mol. The number of rotatable bonds is 10. The van der Waals surface area contributed by atoms with Crippen molar-refractivity contribution < 1.29 is 23.8 Å². The van der Waals surface area contributed by atoms with E-state index in [0.29, 0.717) is 18.1 Å². The van der Waals surface area contributed by atoms with Gasteiger partial charge in [0.2, 0.25) is 0 Å². The zero-order chi connectivity index (χ0) is 23.0. The maximum atomic E-state index is 11.0. The Morgan fingerprint density at radius 2 is 1.85 bits per heavy atom. The van der Waals surface area contributed by atoms with Crippen LogP contribution in [0.15, 0.2) is 88.7 Å². The van der Waals surface area contributed by atoms with E-state index in [1.165, 1.54) is 6.39 Å². The molecule has 7 heteroatoms. The Morgan fingerprint density at radius 1 is 1.06 bits per heavy atom. The monoisotopic (exact) mass is 461 g/mol. The van der Waals surface area contributed by atoms with E-state index < -0.39 is 5.97 Å². The Balaban J connectivity index is 1.56. The van der Waals surface area contributed by atoms with Gasteiger partial charge < -0.3 is 19.0 Å². The number of carboxylic acid groups (broad SMARTS) is 1. The van der Waals surface area contributed by atoms with Crippen LogP contribution in [-0.2, 0) is 17.2 Å². The van der Waals surface area contributed by atoms with Crippen molar-refractivity contribution >= 4 is 17.7 Å². The summed E-state index contributed by atoms with van der Waals surface area (Å²) >= 11 is 1.59. The molecule has 0 amide bonds. The fraction of sp³-hybridized carbons (Fsp3) is 0.154. The van der Waals surface area contributed by atoms with Crippen LogP contribution >= 0.6 is 11.8 Å². The van der Waals surface area contributed by atoms with Crippen molar-refractivity contribution in [3.05, 3.63) is 96.2 Å². The molecular formula is C26H23NO5S. The van der Waals surface area contributed by atoms with E-state index in [-0.39, 0.29) is 6.61 Å². The first-order valence-corrected chi connectivity index (χ1v) is 11.3. The molecule has 4 aromatic rings. The number of hydrogen-bond acceptors (Lipinski definition) is 6. The number of aromatic nitrogens is 1. The van der Waals surface area contributed by atoms with Crippen LogP contribution in [0.4, 0.5) is 0 Å². The third-order valence-electron chi connectivity index (χ3n) is 4.90. The predicted molar refractivity (Wildman–Crippen MR) is 127 cm³/mol. The molecule has 0 aliphatic heterocycles. The number of thioether (sulfide) groups is 1. The molecule has 6 nitrogen and oxygen atoms in total. The lowest BCUT2D eigenvalue weighted by Gasteiger charge is -2.15. The highest BCUT2D eigenvalue weighted by molar-refractivity contribution is 7.98. The Kier molecular flexibility index (Phi) is 7.32. The summed E-state index contributed by atoms with van der Waals surface area (Å²) in [5.74, 6) is 0.939. The Morgan fingerprint density at radius 3 is 2.55 bits per heavy atom. The van der Waals surface area contributed by atoms with Crippen molar-refractivity contribution in [3.63, 3.8) is 0 Å². The first-order chi connectivity index (χ1) is 16.1. The number of carboxylic acids is 1. The van der Waals surface area contributed by atoms with Gasteiger partial charge in [0.05, 0.1) is 5.69 Å². The van der Waals surface area contributed by atoms with Gasteiger partial charge >= 0.3 is 5.97 Å². The highest BCUT2D eigenvalue weighted by Gasteiger charge is 2.13. The minimum Gasteiger partial charge on any atom is -0.489 e. The molecule has 0 radical (unpaired) electrons.